The Bertz CT molecular complexity index is 1040. The number of aliphatic hydroxyl groups is 1. The van der Waals surface area contributed by atoms with Crippen LogP contribution in [0.2, 0.25) is 23.2 Å². The van der Waals surface area contributed by atoms with Crippen molar-refractivity contribution in [3.63, 3.8) is 0 Å². The molecule has 6 heteroatoms. The summed E-state index contributed by atoms with van der Waals surface area (Å²) in [5.74, 6) is -0.00926. The molecular formula is C41H73NO3Si2. The van der Waals surface area contributed by atoms with E-state index >= 15 is 0 Å². The Labute approximate surface area is 292 Å². The van der Waals surface area contributed by atoms with E-state index in [0.29, 0.717) is 6.61 Å². The van der Waals surface area contributed by atoms with Crippen molar-refractivity contribution in [2.45, 2.75) is 167 Å². The van der Waals surface area contributed by atoms with Gasteiger partial charge in [-0.25, -0.2) is 0 Å². The van der Waals surface area contributed by atoms with Crippen LogP contribution in [0.4, 0.5) is 0 Å². The zero-order valence-electron chi connectivity index (χ0n) is 32.0. The fraction of sp³-hybridized carbons (Fsp3) is 0.707. The minimum atomic E-state index is -2.74. The Morgan fingerprint density at radius 3 is 1.47 bits per heavy atom. The number of rotatable bonds is 23. The van der Waals surface area contributed by atoms with Gasteiger partial charge in [-0.1, -0.05) is 186 Å². The van der Waals surface area contributed by atoms with Gasteiger partial charge in [-0.05, 0) is 40.0 Å². The molecule has 0 unspecified atom stereocenters. The topological polar surface area (TPSA) is 64.7 Å². The van der Waals surface area contributed by atoms with E-state index in [1.165, 1.54) is 81.0 Å². The van der Waals surface area contributed by atoms with Crippen molar-refractivity contribution in [2.75, 3.05) is 13.2 Å². The summed E-state index contributed by atoms with van der Waals surface area (Å²) in [6, 6.07) is 21.2. The summed E-state index contributed by atoms with van der Waals surface area (Å²) < 4.78 is 14.4. The number of hydrogen-bond donors (Lipinski definition) is 2. The van der Waals surface area contributed by atoms with Crippen LogP contribution in [0.1, 0.15) is 132 Å². The second-order valence-electron chi connectivity index (χ2n) is 16.6. The smallest absolute Gasteiger partial charge is 0.261 e. The Hall–Kier alpha value is -1.29. The van der Waals surface area contributed by atoms with Crippen molar-refractivity contribution in [1.82, 2.24) is 0 Å². The Kier molecular flexibility index (Phi) is 18.2. The van der Waals surface area contributed by atoms with Gasteiger partial charge in [0.2, 0.25) is 0 Å². The van der Waals surface area contributed by atoms with Gasteiger partial charge in [0.05, 0.1) is 18.8 Å². The summed E-state index contributed by atoms with van der Waals surface area (Å²) in [5, 5.41) is 13.2. The van der Waals surface area contributed by atoms with Crippen molar-refractivity contribution in [3.05, 3.63) is 60.7 Å². The fourth-order valence-corrected chi connectivity index (χ4v) is 12.7. The molecule has 0 spiro atoms. The third-order valence-electron chi connectivity index (χ3n) is 10.7. The van der Waals surface area contributed by atoms with Crippen LogP contribution in [-0.4, -0.2) is 47.1 Å². The van der Waals surface area contributed by atoms with Gasteiger partial charge in [-0.3, -0.25) is 0 Å². The minimum Gasteiger partial charge on any atom is -0.412 e. The quantitative estimate of drug-likeness (QED) is 0.0904. The molecule has 0 bridgehead atoms. The summed E-state index contributed by atoms with van der Waals surface area (Å²) in [6.45, 7) is 21.1. The molecule has 0 aliphatic carbocycles. The number of hydrogen-bond acceptors (Lipinski definition) is 4. The van der Waals surface area contributed by atoms with Crippen LogP contribution in [0.3, 0.4) is 0 Å². The second-order valence-corrected chi connectivity index (χ2v) is 25.7. The maximum absolute atomic E-state index is 10.8. The molecule has 0 aliphatic rings. The molecule has 0 amide bonds. The molecule has 47 heavy (non-hydrogen) atoms. The molecule has 0 saturated heterocycles. The first-order valence-electron chi connectivity index (χ1n) is 19.0. The van der Waals surface area contributed by atoms with Gasteiger partial charge < -0.3 is 19.7 Å². The van der Waals surface area contributed by atoms with Crippen molar-refractivity contribution >= 4 is 27.0 Å². The van der Waals surface area contributed by atoms with Crippen molar-refractivity contribution in [2.24, 2.45) is 11.7 Å². The Morgan fingerprint density at radius 1 is 0.660 bits per heavy atom. The van der Waals surface area contributed by atoms with Gasteiger partial charge in [-0.15, -0.1) is 0 Å². The summed E-state index contributed by atoms with van der Waals surface area (Å²) in [5.41, 5.74) is 7.17. The lowest BCUT2D eigenvalue weighted by molar-refractivity contribution is 0.0369. The Balaban J connectivity index is 2.17. The molecule has 2 rings (SSSR count). The standard InChI is InChI=1S/C41H73NO3Si2/c1-10-11-12-13-14-15-16-17-18-19-20-23-28-35(33-43)39(45-46(8,9)40(2,3)4)38(42)34-44-47(41(5,6)7,36-29-24-21-25-30-36)37-31-26-22-27-32-37/h21-22,24-27,29-32,35,38-39,43H,10-20,23,28,33-34,42H2,1-9H3/t35-,38-,39+/m0/s1. The maximum atomic E-state index is 10.8. The van der Waals surface area contributed by atoms with Gasteiger partial charge in [0.1, 0.15) is 0 Å². The largest absolute Gasteiger partial charge is 0.412 e. The first kappa shape index (κ1) is 41.9. The third-order valence-corrected chi connectivity index (χ3v) is 20.2. The van der Waals surface area contributed by atoms with Crippen LogP contribution in [0, 0.1) is 5.92 Å². The van der Waals surface area contributed by atoms with Gasteiger partial charge >= 0.3 is 0 Å². The zero-order valence-corrected chi connectivity index (χ0v) is 34.0. The molecule has 0 heterocycles. The average molecular weight is 684 g/mol. The third kappa shape index (κ3) is 12.8. The van der Waals surface area contributed by atoms with Crippen LogP contribution in [0.5, 0.6) is 0 Å². The summed E-state index contributed by atoms with van der Waals surface area (Å²) in [7, 11) is -4.91. The van der Waals surface area contributed by atoms with E-state index in [9.17, 15) is 5.11 Å². The number of benzene rings is 2. The lowest BCUT2D eigenvalue weighted by Gasteiger charge is -2.46. The predicted octanol–water partition coefficient (Wildman–Crippen LogP) is 9.98. The molecule has 0 aliphatic heterocycles. The minimum absolute atomic E-state index is 0.00926. The van der Waals surface area contributed by atoms with E-state index < -0.39 is 16.6 Å². The number of unbranched alkanes of at least 4 members (excludes halogenated alkanes) is 11. The van der Waals surface area contributed by atoms with E-state index in [-0.39, 0.29) is 34.7 Å². The molecule has 0 saturated carbocycles. The number of nitrogens with two attached hydrogens (primary N) is 1. The van der Waals surface area contributed by atoms with Crippen molar-refractivity contribution in [3.8, 4) is 0 Å². The van der Waals surface area contributed by atoms with Crippen molar-refractivity contribution < 1.29 is 14.0 Å². The van der Waals surface area contributed by atoms with Gasteiger partial charge in [-0.2, -0.15) is 0 Å². The molecule has 2 aromatic rings. The SMILES string of the molecule is CCCCCCCCCCCCCC[C@@H](CO)[C@@H](O[Si](C)(C)C(C)(C)C)[C@@H](N)CO[Si](c1ccccc1)(c1ccccc1)C(C)(C)C. The van der Waals surface area contributed by atoms with Crippen LogP contribution in [0.25, 0.3) is 0 Å². The van der Waals surface area contributed by atoms with Crippen LogP contribution < -0.4 is 16.1 Å². The van der Waals surface area contributed by atoms with Gasteiger partial charge in [0.25, 0.3) is 8.32 Å². The van der Waals surface area contributed by atoms with Crippen LogP contribution in [-0.2, 0) is 8.85 Å². The molecule has 4 nitrogen and oxygen atoms in total. The average Bonchev–Trinajstić information content (AvgIpc) is 3.02. The lowest BCUT2D eigenvalue weighted by Crippen LogP contribution is -2.68. The monoisotopic (exact) mass is 684 g/mol. The molecular weight excluding hydrogens is 611 g/mol. The highest BCUT2D eigenvalue weighted by atomic mass is 28.4. The lowest BCUT2D eigenvalue weighted by atomic mass is 9.92. The highest BCUT2D eigenvalue weighted by Crippen LogP contribution is 2.40. The molecule has 2 aromatic carbocycles. The summed E-state index contributed by atoms with van der Waals surface area (Å²) >= 11 is 0. The molecule has 3 N–H and O–H groups in total. The first-order chi connectivity index (χ1) is 22.2. The van der Waals surface area contributed by atoms with Gasteiger partial charge in [0.15, 0.2) is 8.32 Å². The highest BCUT2D eigenvalue weighted by molar-refractivity contribution is 6.99. The van der Waals surface area contributed by atoms with E-state index in [1.807, 2.05) is 0 Å². The fourth-order valence-electron chi connectivity index (χ4n) is 6.73. The normalized spacial score (nSPS) is 15.0. The predicted molar refractivity (Wildman–Crippen MR) is 210 cm³/mol. The van der Waals surface area contributed by atoms with Crippen LogP contribution >= 0.6 is 0 Å². The molecule has 0 aromatic heterocycles. The number of aliphatic hydroxyl groups excluding tert-OH is 1. The van der Waals surface area contributed by atoms with E-state index in [1.54, 1.807) is 0 Å². The first-order valence-corrected chi connectivity index (χ1v) is 23.8. The van der Waals surface area contributed by atoms with Crippen LogP contribution in [0.15, 0.2) is 60.7 Å². The molecule has 3 atom stereocenters. The maximum Gasteiger partial charge on any atom is 0.261 e. The summed E-state index contributed by atoms with van der Waals surface area (Å²) in [4.78, 5) is 0. The highest BCUT2D eigenvalue weighted by Gasteiger charge is 2.51. The van der Waals surface area contributed by atoms with Gasteiger partial charge in [0, 0.05) is 12.5 Å². The molecule has 268 valence electrons. The molecule has 0 radical (unpaired) electrons. The van der Waals surface area contributed by atoms with E-state index in [0.717, 1.165) is 12.8 Å². The Morgan fingerprint density at radius 2 is 1.09 bits per heavy atom. The van der Waals surface area contributed by atoms with E-state index in [4.69, 9.17) is 14.6 Å². The molecule has 0 fully saturated rings. The second kappa shape index (κ2) is 20.4. The van der Waals surface area contributed by atoms with E-state index in [2.05, 4.69) is 122 Å². The summed E-state index contributed by atoms with van der Waals surface area (Å²) in [6.07, 6.45) is 16.6. The zero-order chi connectivity index (χ0) is 35.0. The van der Waals surface area contributed by atoms with Crippen molar-refractivity contribution in [1.29, 1.82) is 0 Å².